The Kier molecular flexibility index (Phi) is 7.87. The zero-order valence-electron chi connectivity index (χ0n) is 12.7. The van der Waals surface area contributed by atoms with Crippen molar-refractivity contribution in [2.24, 2.45) is 0 Å². The van der Waals surface area contributed by atoms with Gasteiger partial charge in [0.2, 0.25) is 5.91 Å². The van der Waals surface area contributed by atoms with Gasteiger partial charge in [0.1, 0.15) is 0 Å². The van der Waals surface area contributed by atoms with Crippen molar-refractivity contribution < 1.29 is 14.3 Å². The molecule has 0 spiro atoms. The number of aryl methyl sites for hydroxylation is 1. The first-order valence-corrected chi connectivity index (χ1v) is 7.21. The molecule has 1 amide bonds. The maximum Gasteiger partial charge on any atom is 0.305 e. The van der Waals surface area contributed by atoms with Crippen molar-refractivity contribution in [3.63, 3.8) is 0 Å². The number of unbranched alkanes of at least 4 members (excludes halogenated alkanes) is 2. The number of hydrogen-bond donors (Lipinski definition) is 1. The summed E-state index contributed by atoms with van der Waals surface area (Å²) in [6.45, 7) is 2.64. The third-order valence-corrected chi connectivity index (χ3v) is 3.05. The van der Waals surface area contributed by atoms with Crippen LogP contribution in [0.5, 0.6) is 0 Å². The standard InChI is InChI=1S/C17H23NO3/c1-14-7-6-8-15(13-14)10-11-16(19)18-12-5-3-4-9-17(20)21-2/h6-8,10-11,13H,3-5,9,12H2,1-2H3,(H,18,19)/b11-10+. The zero-order valence-corrected chi connectivity index (χ0v) is 12.7. The van der Waals surface area contributed by atoms with Crippen molar-refractivity contribution in [1.82, 2.24) is 5.32 Å². The van der Waals surface area contributed by atoms with Crippen LogP contribution in [0.3, 0.4) is 0 Å². The highest BCUT2D eigenvalue weighted by molar-refractivity contribution is 5.91. The summed E-state index contributed by atoms with van der Waals surface area (Å²) < 4.78 is 4.56. The number of hydrogen-bond acceptors (Lipinski definition) is 3. The first kappa shape index (κ1) is 17.0. The molecular formula is C17H23NO3. The number of amides is 1. The highest BCUT2D eigenvalue weighted by Crippen LogP contribution is 2.05. The van der Waals surface area contributed by atoms with E-state index in [0.717, 1.165) is 24.8 Å². The maximum atomic E-state index is 11.6. The molecule has 0 aliphatic carbocycles. The molecule has 1 aromatic rings. The van der Waals surface area contributed by atoms with Crippen LogP contribution in [0.4, 0.5) is 0 Å². The van der Waals surface area contributed by atoms with Gasteiger partial charge in [0.05, 0.1) is 7.11 Å². The highest BCUT2D eigenvalue weighted by atomic mass is 16.5. The third-order valence-electron chi connectivity index (χ3n) is 3.05. The van der Waals surface area contributed by atoms with E-state index in [0.29, 0.717) is 13.0 Å². The molecule has 0 atom stereocenters. The minimum atomic E-state index is -0.180. The molecule has 0 saturated carbocycles. The fourth-order valence-electron chi connectivity index (χ4n) is 1.89. The van der Waals surface area contributed by atoms with Crippen molar-refractivity contribution in [3.8, 4) is 0 Å². The van der Waals surface area contributed by atoms with Gasteiger partial charge in [-0.25, -0.2) is 0 Å². The van der Waals surface area contributed by atoms with Crippen molar-refractivity contribution in [2.45, 2.75) is 32.6 Å². The summed E-state index contributed by atoms with van der Waals surface area (Å²) in [6.07, 6.45) is 6.35. The van der Waals surface area contributed by atoms with E-state index in [1.54, 1.807) is 12.2 Å². The lowest BCUT2D eigenvalue weighted by Crippen LogP contribution is -2.22. The number of ether oxygens (including phenoxy) is 1. The fraction of sp³-hybridized carbons (Fsp3) is 0.412. The summed E-state index contributed by atoms with van der Waals surface area (Å²) in [7, 11) is 1.39. The summed E-state index contributed by atoms with van der Waals surface area (Å²) in [6, 6.07) is 7.97. The lowest BCUT2D eigenvalue weighted by Gasteiger charge is -2.02. The molecule has 4 nitrogen and oxygen atoms in total. The molecule has 21 heavy (non-hydrogen) atoms. The van der Waals surface area contributed by atoms with Crippen LogP contribution >= 0.6 is 0 Å². The van der Waals surface area contributed by atoms with Crippen molar-refractivity contribution >= 4 is 18.0 Å². The Labute approximate surface area is 126 Å². The molecule has 114 valence electrons. The lowest BCUT2D eigenvalue weighted by molar-refractivity contribution is -0.140. The minimum absolute atomic E-state index is 0.0931. The molecule has 1 rings (SSSR count). The Morgan fingerprint density at radius 1 is 1.24 bits per heavy atom. The van der Waals surface area contributed by atoms with E-state index in [9.17, 15) is 9.59 Å². The number of methoxy groups -OCH3 is 1. The van der Waals surface area contributed by atoms with Gasteiger partial charge in [0.15, 0.2) is 0 Å². The average Bonchev–Trinajstić information content (AvgIpc) is 2.48. The largest absolute Gasteiger partial charge is 0.469 e. The van der Waals surface area contributed by atoms with E-state index >= 15 is 0 Å². The predicted octanol–water partition coefficient (Wildman–Crippen LogP) is 2.86. The van der Waals surface area contributed by atoms with E-state index in [1.807, 2.05) is 31.2 Å². The Morgan fingerprint density at radius 2 is 2.05 bits per heavy atom. The van der Waals surface area contributed by atoms with Crippen LogP contribution in [0, 0.1) is 6.92 Å². The summed E-state index contributed by atoms with van der Waals surface area (Å²) in [5, 5.41) is 2.83. The summed E-state index contributed by atoms with van der Waals surface area (Å²) in [5.74, 6) is -0.274. The second-order valence-electron chi connectivity index (χ2n) is 4.93. The van der Waals surface area contributed by atoms with Crippen molar-refractivity contribution in [2.75, 3.05) is 13.7 Å². The molecule has 0 aliphatic heterocycles. The van der Waals surface area contributed by atoms with Gasteiger partial charge in [-0.15, -0.1) is 0 Å². The van der Waals surface area contributed by atoms with Crippen LogP contribution in [-0.4, -0.2) is 25.5 Å². The number of esters is 1. The van der Waals surface area contributed by atoms with Crippen LogP contribution in [0.2, 0.25) is 0 Å². The van der Waals surface area contributed by atoms with Gasteiger partial charge in [-0.3, -0.25) is 9.59 Å². The van der Waals surface area contributed by atoms with E-state index in [-0.39, 0.29) is 11.9 Å². The van der Waals surface area contributed by atoms with E-state index < -0.39 is 0 Å². The second-order valence-corrected chi connectivity index (χ2v) is 4.93. The fourth-order valence-corrected chi connectivity index (χ4v) is 1.89. The van der Waals surface area contributed by atoms with Gasteiger partial charge >= 0.3 is 5.97 Å². The molecule has 0 radical (unpaired) electrons. The van der Waals surface area contributed by atoms with Crippen LogP contribution in [0.1, 0.15) is 36.8 Å². The van der Waals surface area contributed by atoms with E-state index in [4.69, 9.17) is 0 Å². The molecule has 1 aromatic carbocycles. The Bertz CT molecular complexity index is 495. The van der Waals surface area contributed by atoms with E-state index in [1.165, 1.54) is 12.7 Å². The average molecular weight is 289 g/mol. The van der Waals surface area contributed by atoms with Crippen molar-refractivity contribution in [3.05, 3.63) is 41.5 Å². The maximum absolute atomic E-state index is 11.6. The minimum Gasteiger partial charge on any atom is -0.469 e. The number of benzene rings is 1. The van der Waals surface area contributed by atoms with Crippen molar-refractivity contribution in [1.29, 1.82) is 0 Å². The lowest BCUT2D eigenvalue weighted by atomic mass is 10.1. The molecule has 0 aliphatic rings. The van der Waals surface area contributed by atoms with Gasteiger partial charge in [-0.2, -0.15) is 0 Å². The molecule has 0 heterocycles. The topological polar surface area (TPSA) is 55.4 Å². The number of carbonyl (C=O) groups is 2. The van der Waals surface area contributed by atoms with Gasteiger partial charge in [0, 0.05) is 19.0 Å². The zero-order chi connectivity index (χ0) is 15.5. The Hall–Kier alpha value is -2.10. The first-order valence-electron chi connectivity index (χ1n) is 7.21. The molecule has 0 fully saturated rings. The van der Waals surface area contributed by atoms with Crippen LogP contribution in [0.25, 0.3) is 6.08 Å². The second kappa shape index (κ2) is 9.75. The number of carbonyl (C=O) groups excluding carboxylic acids is 2. The summed E-state index contributed by atoms with van der Waals surface area (Å²) in [5.41, 5.74) is 2.19. The molecule has 0 aromatic heterocycles. The van der Waals surface area contributed by atoms with Crippen LogP contribution in [0.15, 0.2) is 30.3 Å². The highest BCUT2D eigenvalue weighted by Gasteiger charge is 1.99. The SMILES string of the molecule is COC(=O)CCCCCNC(=O)/C=C/c1cccc(C)c1. The molecular weight excluding hydrogens is 266 g/mol. The van der Waals surface area contributed by atoms with Gasteiger partial charge in [-0.05, 0) is 31.4 Å². The predicted molar refractivity (Wildman–Crippen MR) is 83.7 cm³/mol. The van der Waals surface area contributed by atoms with Crippen LogP contribution < -0.4 is 5.32 Å². The van der Waals surface area contributed by atoms with Gasteiger partial charge in [0.25, 0.3) is 0 Å². The third kappa shape index (κ3) is 7.92. The molecule has 0 bridgehead atoms. The Morgan fingerprint density at radius 3 is 2.76 bits per heavy atom. The number of rotatable bonds is 8. The molecule has 0 unspecified atom stereocenters. The van der Waals surface area contributed by atoms with Crippen LogP contribution in [-0.2, 0) is 14.3 Å². The quantitative estimate of drug-likeness (QED) is 0.455. The molecule has 0 saturated heterocycles. The normalized spacial score (nSPS) is 10.6. The molecule has 1 N–H and O–H groups in total. The summed E-state index contributed by atoms with van der Waals surface area (Å²) >= 11 is 0. The Balaban J connectivity index is 2.15. The van der Waals surface area contributed by atoms with Gasteiger partial charge in [-0.1, -0.05) is 36.2 Å². The first-order chi connectivity index (χ1) is 10.1. The summed E-state index contributed by atoms with van der Waals surface area (Å²) in [4.78, 5) is 22.5. The smallest absolute Gasteiger partial charge is 0.305 e. The molecule has 4 heteroatoms. The van der Waals surface area contributed by atoms with E-state index in [2.05, 4.69) is 10.1 Å². The number of nitrogens with one attached hydrogen (secondary N) is 1. The monoisotopic (exact) mass is 289 g/mol. The van der Waals surface area contributed by atoms with Gasteiger partial charge < -0.3 is 10.1 Å².